The molecule has 0 fully saturated rings. The summed E-state index contributed by atoms with van der Waals surface area (Å²) >= 11 is 0. The van der Waals surface area contributed by atoms with Crippen molar-refractivity contribution in [3.63, 3.8) is 0 Å². The summed E-state index contributed by atoms with van der Waals surface area (Å²) < 4.78 is 0. The van der Waals surface area contributed by atoms with Crippen LogP contribution in [0, 0.1) is 17.8 Å². The predicted molar refractivity (Wildman–Crippen MR) is 65.3 cm³/mol. The Morgan fingerprint density at radius 2 is 1.43 bits per heavy atom. The summed E-state index contributed by atoms with van der Waals surface area (Å²) in [5, 5.41) is 0. The van der Waals surface area contributed by atoms with Crippen LogP contribution >= 0.6 is 0 Å². The van der Waals surface area contributed by atoms with E-state index in [9.17, 15) is 0 Å². The zero-order chi connectivity index (χ0) is 11.0. The molecule has 0 bridgehead atoms. The Morgan fingerprint density at radius 3 is 1.79 bits per heavy atom. The van der Waals surface area contributed by atoms with E-state index in [-0.39, 0.29) is 0 Å². The third-order valence-corrected chi connectivity index (χ3v) is 3.58. The molecule has 86 valence electrons. The van der Waals surface area contributed by atoms with Gasteiger partial charge in [0.1, 0.15) is 0 Å². The molecule has 0 aliphatic rings. The van der Waals surface area contributed by atoms with E-state index >= 15 is 0 Å². The van der Waals surface area contributed by atoms with Crippen molar-refractivity contribution in [2.45, 2.75) is 59.8 Å². The molecule has 0 aromatic heterocycles. The van der Waals surface area contributed by atoms with E-state index in [2.05, 4.69) is 27.7 Å². The number of hydrogen-bond donors (Lipinski definition) is 1. The van der Waals surface area contributed by atoms with Crippen LogP contribution in [0.3, 0.4) is 0 Å². The SMILES string of the molecule is CCCC(CCC)C(C)C(C)CCN. The maximum absolute atomic E-state index is 5.62. The van der Waals surface area contributed by atoms with Crippen molar-refractivity contribution in [1.29, 1.82) is 0 Å². The van der Waals surface area contributed by atoms with Crippen molar-refractivity contribution >= 4 is 0 Å². The second-order valence-electron chi connectivity index (χ2n) is 4.75. The lowest BCUT2D eigenvalue weighted by Crippen LogP contribution is -2.21. The van der Waals surface area contributed by atoms with E-state index in [1.165, 1.54) is 32.1 Å². The molecule has 0 saturated heterocycles. The smallest absolute Gasteiger partial charge is 0.00746 e. The fraction of sp³-hybridized carbons (Fsp3) is 1.00. The summed E-state index contributed by atoms with van der Waals surface area (Å²) in [6, 6.07) is 0. The van der Waals surface area contributed by atoms with Gasteiger partial charge in [-0.3, -0.25) is 0 Å². The lowest BCUT2D eigenvalue weighted by molar-refractivity contribution is 0.225. The Bertz CT molecular complexity index is 116. The van der Waals surface area contributed by atoms with Crippen LogP contribution in [0.4, 0.5) is 0 Å². The molecule has 1 heteroatoms. The normalized spacial score (nSPS) is 15.9. The van der Waals surface area contributed by atoms with Crippen molar-refractivity contribution < 1.29 is 0 Å². The van der Waals surface area contributed by atoms with Gasteiger partial charge in [0.25, 0.3) is 0 Å². The second-order valence-corrected chi connectivity index (χ2v) is 4.75. The summed E-state index contributed by atoms with van der Waals surface area (Å²) in [6.07, 6.45) is 6.62. The van der Waals surface area contributed by atoms with Crippen LogP contribution in [0.15, 0.2) is 0 Å². The molecule has 0 aliphatic heterocycles. The molecule has 0 aromatic carbocycles. The number of rotatable bonds is 8. The van der Waals surface area contributed by atoms with Crippen LogP contribution in [0.25, 0.3) is 0 Å². The first kappa shape index (κ1) is 14.0. The van der Waals surface area contributed by atoms with Gasteiger partial charge in [0, 0.05) is 0 Å². The van der Waals surface area contributed by atoms with Crippen LogP contribution in [-0.2, 0) is 0 Å². The Morgan fingerprint density at radius 1 is 0.929 bits per heavy atom. The molecule has 0 spiro atoms. The zero-order valence-corrected chi connectivity index (χ0v) is 10.6. The van der Waals surface area contributed by atoms with E-state index < -0.39 is 0 Å². The monoisotopic (exact) mass is 199 g/mol. The van der Waals surface area contributed by atoms with Crippen molar-refractivity contribution in [3.05, 3.63) is 0 Å². The largest absolute Gasteiger partial charge is 0.330 e. The van der Waals surface area contributed by atoms with Crippen molar-refractivity contribution in [2.24, 2.45) is 23.5 Å². The van der Waals surface area contributed by atoms with Gasteiger partial charge in [-0.15, -0.1) is 0 Å². The van der Waals surface area contributed by atoms with Gasteiger partial charge in [-0.05, 0) is 30.7 Å². The van der Waals surface area contributed by atoms with Gasteiger partial charge in [-0.25, -0.2) is 0 Å². The molecule has 0 amide bonds. The van der Waals surface area contributed by atoms with Crippen molar-refractivity contribution in [1.82, 2.24) is 0 Å². The summed E-state index contributed by atoms with van der Waals surface area (Å²) in [5.41, 5.74) is 5.62. The van der Waals surface area contributed by atoms with Crippen LogP contribution in [-0.4, -0.2) is 6.54 Å². The van der Waals surface area contributed by atoms with Crippen molar-refractivity contribution in [3.8, 4) is 0 Å². The Hall–Kier alpha value is -0.0400. The van der Waals surface area contributed by atoms with Crippen LogP contribution in [0.1, 0.15) is 59.8 Å². The van der Waals surface area contributed by atoms with Gasteiger partial charge in [0.2, 0.25) is 0 Å². The maximum atomic E-state index is 5.62. The molecule has 2 unspecified atom stereocenters. The molecule has 1 nitrogen and oxygen atoms in total. The molecular formula is C13H29N. The minimum absolute atomic E-state index is 0.795. The first-order valence-electron chi connectivity index (χ1n) is 6.37. The average molecular weight is 199 g/mol. The molecule has 2 N–H and O–H groups in total. The topological polar surface area (TPSA) is 26.0 Å². The van der Waals surface area contributed by atoms with E-state index in [1.807, 2.05) is 0 Å². The first-order valence-corrected chi connectivity index (χ1v) is 6.37. The molecule has 0 aliphatic carbocycles. The highest BCUT2D eigenvalue weighted by atomic mass is 14.5. The molecule has 0 heterocycles. The van der Waals surface area contributed by atoms with E-state index in [0.717, 1.165) is 24.3 Å². The highest BCUT2D eigenvalue weighted by Gasteiger charge is 2.20. The van der Waals surface area contributed by atoms with E-state index in [0.29, 0.717) is 0 Å². The molecule has 14 heavy (non-hydrogen) atoms. The van der Waals surface area contributed by atoms with Crippen LogP contribution in [0.5, 0.6) is 0 Å². The molecule has 0 rings (SSSR count). The highest BCUT2D eigenvalue weighted by Crippen LogP contribution is 2.29. The number of nitrogens with two attached hydrogens (primary N) is 1. The molecule has 0 radical (unpaired) electrons. The summed E-state index contributed by atoms with van der Waals surface area (Å²) in [4.78, 5) is 0. The van der Waals surface area contributed by atoms with Gasteiger partial charge in [-0.2, -0.15) is 0 Å². The van der Waals surface area contributed by atoms with Crippen molar-refractivity contribution in [2.75, 3.05) is 6.54 Å². The lowest BCUT2D eigenvalue weighted by atomic mass is 9.78. The Kier molecular flexibility index (Phi) is 8.26. The third-order valence-electron chi connectivity index (χ3n) is 3.58. The second kappa shape index (κ2) is 8.28. The van der Waals surface area contributed by atoms with Gasteiger partial charge in [-0.1, -0.05) is 53.4 Å². The maximum Gasteiger partial charge on any atom is -0.00746 e. The van der Waals surface area contributed by atoms with Gasteiger partial charge < -0.3 is 5.73 Å². The van der Waals surface area contributed by atoms with E-state index in [1.54, 1.807) is 0 Å². The van der Waals surface area contributed by atoms with Crippen LogP contribution < -0.4 is 5.73 Å². The standard InChI is InChI=1S/C13H29N/c1-5-7-13(8-6-2)12(4)11(3)9-10-14/h11-13H,5-10,14H2,1-4H3. The van der Waals surface area contributed by atoms with Gasteiger partial charge in [0.15, 0.2) is 0 Å². The minimum atomic E-state index is 0.795. The zero-order valence-electron chi connectivity index (χ0n) is 10.6. The molecule has 0 aromatic rings. The Labute approximate surface area is 90.5 Å². The number of hydrogen-bond acceptors (Lipinski definition) is 1. The molecule has 0 saturated carbocycles. The Balaban J connectivity index is 4.03. The van der Waals surface area contributed by atoms with E-state index in [4.69, 9.17) is 5.73 Å². The fourth-order valence-electron chi connectivity index (χ4n) is 2.40. The predicted octanol–water partition coefficient (Wildman–Crippen LogP) is 3.82. The van der Waals surface area contributed by atoms with Gasteiger partial charge in [0.05, 0.1) is 0 Å². The molecular weight excluding hydrogens is 170 g/mol. The fourth-order valence-corrected chi connectivity index (χ4v) is 2.40. The summed E-state index contributed by atoms with van der Waals surface area (Å²) in [5.74, 6) is 2.56. The highest BCUT2D eigenvalue weighted by molar-refractivity contribution is 4.71. The lowest BCUT2D eigenvalue weighted by Gasteiger charge is -2.28. The average Bonchev–Trinajstić information content (AvgIpc) is 2.17. The molecule has 2 atom stereocenters. The van der Waals surface area contributed by atoms with Crippen LogP contribution in [0.2, 0.25) is 0 Å². The van der Waals surface area contributed by atoms with Gasteiger partial charge >= 0.3 is 0 Å². The summed E-state index contributed by atoms with van der Waals surface area (Å²) in [6.45, 7) is 10.2. The third kappa shape index (κ3) is 4.99. The summed E-state index contributed by atoms with van der Waals surface area (Å²) in [7, 11) is 0. The quantitative estimate of drug-likeness (QED) is 0.632. The first-order chi connectivity index (χ1) is 6.67. The minimum Gasteiger partial charge on any atom is -0.330 e.